The molecule has 1 fully saturated rings. The second-order valence-corrected chi connectivity index (χ2v) is 4.10. The third kappa shape index (κ3) is 3.47. The first-order valence-electron chi connectivity index (χ1n) is 5.71. The standard InChI is InChI=1S/C11H21NO3/c1-3-9(2)12-7-10(5-4-6-13)15-8-11(12)14/h9-10,13H,3-8H2,1-2H3. The van der Waals surface area contributed by atoms with Gasteiger partial charge in [0.05, 0.1) is 6.10 Å². The number of aliphatic hydroxyl groups excluding tert-OH is 1. The lowest BCUT2D eigenvalue weighted by Crippen LogP contribution is -2.50. The molecule has 1 N–H and O–H groups in total. The fraction of sp³-hybridized carbons (Fsp3) is 0.909. The molecule has 0 aliphatic carbocycles. The molecule has 1 aliphatic rings. The van der Waals surface area contributed by atoms with Gasteiger partial charge in [-0.05, 0) is 26.2 Å². The first kappa shape index (κ1) is 12.5. The number of morpholine rings is 1. The molecule has 4 nitrogen and oxygen atoms in total. The van der Waals surface area contributed by atoms with Gasteiger partial charge in [-0.25, -0.2) is 0 Å². The van der Waals surface area contributed by atoms with Crippen LogP contribution in [-0.2, 0) is 9.53 Å². The van der Waals surface area contributed by atoms with Crippen molar-refractivity contribution in [2.75, 3.05) is 19.8 Å². The monoisotopic (exact) mass is 215 g/mol. The number of rotatable bonds is 5. The largest absolute Gasteiger partial charge is 0.396 e. The van der Waals surface area contributed by atoms with Crippen molar-refractivity contribution in [3.63, 3.8) is 0 Å². The Hall–Kier alpha value is -0.610. The highest BCUT2D eigenvalue weighted by Gasteiger charge is 2.28. The van der Waals surface area contributed by atoms with Gasteiger partial charge in [-0.2, -0.15) is 0 Å². The normalized spacial score (nSPS) is 24.3. The highest BCUT2D eigenvalue weighted by atomic mass is 16.5. The SMILES string of the molecule is CCC(C)N1CC(CCCO)OCC1=O. The molecule has 0 bridgehead atoms. The molecule has 0 radical (unpaired) electrons. The molecule has 2 atom stereocenters. The Morgan fingerprint density at radius 1 is 1.67 bits per heavy atom. The maximum absolute atomic E-state index is 11.6. The average molecular weight is 215 g/mol. The van der Waals surface area contributed by atoms with Gasteiger partial charge in [-0.15, -0.1) is 0 Å². The molecule has 15 heavy (non-hydrogen) atoms. The Balaban J connectivity index is 2.44. The van der Waals surface area contributed by atoms with Crippen molar-refractivity contribution in [1.82, 2.24) is 4.90 Å². The topological polar surface area (TPSA) is 49.8 Å². The van der Waals surface area contributed by atoms with Gasteiger partial charge < -0.3 is 14.7 Å². The van der Waals surface area contributed by atoms with Crippen LogP contribution >= 0.6 is 0 Å². The van der Waals surface area contributed by atoms with Crippen LogP contribution in [-0.4, -0.2) is 47.8 Å². The van der Waals surface area contributed by atoms with E-state index in [9.17, 15) is 4.79 Å². The van der Waals surface area contributed by atoms with Crippen LogP contribution in [0.15, 0.2) is 0 Å². The van der Waals surface area contributed by atoms with Crippen molar-refractivity contribution in [3.05, 3.63) is 0 Å². The molecule has 1 saturated heterocycles. The highest BCUT2D eigenvalue weighted by molar-refractivity contribution is 5.78. The summed E-state index contributed by atoms with van der Waals surface area (Å²) in [5.74, 6) is 0.0876. The molecule has 0 saturated carbocycles. The van der Waals surface area contributed by atoms with E-state index in [0.29, 0.717) is 6.54 Å². The van der Waals surface area contributed by atoms with E-state index >= 15 is 0 Å². The zero-order valence-electron chi connectivity index (χ0n) is 9.61. The second-order valence-electron chi connectivity index (χ2n) is 4.10. The van der Waals surface area contributed by atoms with E-state index in [2.05, 4.69) is 13.8 Å². The van der Waals surface area contributed by atoms with Gasteiger partial charge in [0, 0.05) is 19.2 Å². The van der Waals surface area contributed by atoms with Crippen LogP contribution in [0.5, 0.6) is 0 Å². The molecule has 4 heteroatoms. The zero-order chi connectivity index (χ0) is 11.3. The van der Waals surface area contributed by atoms with E-state index in [0.717, 1.165) is 19.3 Å². The van der Waals surface area contributed by atoms with E-state index in [-0.39, 0.29) is 31.3 Å². The van der Waals surface area contributed by atoms with Crippen molar-refractivity contribution in [2.45, 2.75) is 45.3 Å². The number of ether oxygens (including phenoxy) is 1. The van der Waals surface area contributed by atoms with Crippen molar-refractivity contribution in [2.24, 2.45) is 0 Å². The summed E-state index contributed by atoms with van der Waals surface area (Å²) >= 11 is 0. The minimum Gasteiger partial charge on any atom is -0.396 e. The number of carbonyl (C=O) groups excluding carboxylic acids is 1. The fourth-order valence-electron chi connectivity index (χ4n) is 1.79. The number of aliphatic hydroxyl groups is 1. The number of hydrogen-bond acceptors (Lipinski definition) is 3. The van der Waals surface area contributed by atoms with E-state index in [1.165, 1.54) is 0 Å². The van der Waals surface area contributed by atoms with Crippen molar-refractivity contribution in [1.29, 1.82) is 0 Å². The molecule has 0 aromatic heterocycles. The summed E-state index contributed by atoms with van der Waals surface area (Å²) in [5.41, 5.74) is 0. The highest BCUT2D eigenvalue weighted by Crippen LogP contribution is 2.15. The molecular formula is C11H21NO3. The lowest BCUT2D eigenvalue weighted by molar-refractivity contribution is -0.152. The molecule has 1 heterocycles. The van der Waals surface area contributed by atoms with Crippen LogP contribution in [0.4, 0.5) is 0 Å². The molecule has 0 aromatic carbocycles. The van der Waals surface area contributed by atoms with Crippen LogP contribution in [0.25, 0.3) is 0 Å². The second kappa shape index (κ2) is 6.08. The van der Waals surface area contributed by atoms with Gasteiger partial charge in [-0.1, -0.05) is 6.92 Å². The van der Waals surface area contributed by atoms with Gasteiger partial charge in [0.2, 0.25) is 5.91 Å². The predicted molar refractivity (Wildman–Crippen MR) is 57.5 cm³/mol. The third-order valence-corrected chi connectivity index (χ3v) is 2.97. The Bertz CT molecular complexity index is 208. The molecule has 1 amide bonds. The van der Waals surface area contributed by atoms with Crippen LogP contribution < -0.4 is 0 Å². The summed E-state index contributed by atoms with van der Waals surface area (Å²) in [6.07, 6.45) is 2.64. The molecule has 88 valence electrons. The van der Waals surface area contributed by atoms with E-state index in [4.69, 9.17) is 9.84 Å². The Labute approximate surface area is 91.2 Å². The van der Waals surface area contributed by atoms with E-state index in [1.807, 2.05) is 4.90 Å². The summed E-state index contributed by atoms with van der Waals surface area (Å²) in [7, 11) is 0. The lowest BCUT2D eigenvalue weighted by atomic mass is 10.1. The van der Waals surface area contributed by atoms with Crippen LogP contribution in [0.3, 0.4) is 0 Å². The Kier molecular flexibility index (Phi) is 5.05. The minimum absolute atomic E-state index is 0.0876. The number of hydrogen-bond donors (Lipinski definition) is 1. The summed E-state index contributed by atoms with van der Waals surface area (Å²) in [6.45, 7) is 5.20. The molecule has 1 rings (SSSR count). The maximum Gasteiger partial charge on any atom is 0.248 e. The number of nitrogens with zero attached hydrogens (tertiary/aromatic N) is 1. The summed E-state index contributed by atoms with van der Waals surface area (Å²) in [5, 5.41) is 8.73. The summed E-state index contributed by atoms with van der Waals surface area (Å²) in [4.78, 5) is 13.5. The molecule has 0 aromatic rings. The van der Waals surface area contributed by atoms with Gasteiger partial charge in [0.15, 0.2) is 0 Å². The first-order valence-corrected chi connectivity index (χ1v) is 5.71. The van der Waals surface area contributed by atoms with Gasteiger partial charge >= 0.3 is 0 Å². The summed E-state index contributed by atoms with van der Waals surface area (Å²) in [6, 6.07) is 0.290. The van der Waals surface area contributed by atoms with Crippen molar-refractivity contribution in [3.8, 4) is 0 Å². The zero-order valence-corrected chi connectivity index (χ0v) is 9.61. The maximum atomic E-state index is 11.6. The minimum atomic E-state index is 0.0876. The summed E-state index contributed by atoms with van der Waals surface area (Å²) < 4.78 is 5.41. The van der Waals surface area contributed by atoms with Gasteiger partial charge in [0.1, 0.15) is 6.61 Å². The van der Waals surface area contributed by atoms with Crippen molar-refractivity contribution < 1.29 is 14.6 Å². The van der Waals surface area contributed by atoms with Gasteiger partial charge in [-0.3, -0.25) is 4.79 Å². The van der Waals surface area contributed by atoms with E-state index < -0.39 is 0 Å². The number of carbonyl (C=O) groups is 1. The predicted octanol–water partition coefficient (Wildman–Crippen LogP) is 0.785. The lowest BCUT2D eigenvalue weighted by Gasteiger charge is -2.36. The van der Waals surface area contributed by atoms with Crippen LogP contribution in [0.1, 0.15) is 33.1 Å². The molecule has 1 aliphatic heterocycles. The fourth-order valence-corrected chi connectivity index (χ4v) is 1.79. The number of amides is 1. The van der Waals surface area contributed by atoms with Crippen LogP contribution in [0, 0.1) is 0 Å². The quantitative estimate of drug-likeness (QED) is 0.737. The van der Waals surface area contributed by atoms with Crippen molar-refractivity contribution >= 4 is 5.91 Å². The first-order chi connectivity index (χ1) is 7.19. The smallest absolute Gasteiger partial charge is 0.248 e. The third-order valence-electron chi connectivity index (χ3n) is 2.97. The Morgan fingerprint density at radius 3 is 3.00 bits per heavy atom. The van der Waals surface area contributed by atoms with E-state index in [1.54, 1.807) is 0 Å². The Morgan fingerprint density at radius 2 is 2.40 bits per heavy atom. The molecule has 0 spiro atoms. The molecule has 2 unspecified atom stereocenters. The average Bonchev–Trinajstić information content (AvgIpc) is 2.27. The van der Waals surface area contributed by atoms with Crippen LogP contribution in [0.2, 0.25) is 0 Å². The molecular weight excluding hydrogens is 194 g/mol. The van der Waals surface area contributed by atoms with Gasteiger partial charge in [0.25, 0.3) is 0 Å².